The Balaban J connectivity index is 3.36. The van der Waals surface area contributed by atoms with Gasteiger partial charge in [-0.1, -0.05) is 321 Å². The van der Waals surface area contributed by atoms with Gasteiger partial charge in [0.25, 0.3) is 0 Å². The molecule has 0 heterocycles. The first-order valence-corrected chi connectivity index (χ1v) is 33.1. The van der Waals surface area contributed by atoms with Gasteiger partial charge in [-0.25, -0.2) is 0 Å². The molecule has 0 saturated carbocycles. The Morgan fingerprint density at radius 1 is 0.370 bits per heavy atom. The van der Waals surface area contributed by atoms with Crippen LogP contribution in [-0.4, -0.2) is 47.4 Å². The third kappa shape index (κ3) is 59.4. The van der Waals surface area contributed by atoms with Gasteiger partial charge in [0.05, 0.1) is 25.4 Å². The largest absolute Gasteiger partial charge is 0.466 e. The minimum absolute atomic E-state index is 0.0140. The zero-order chi connectivity index (χ0) is 52.9. The molecule has 0 spiro atoms. The van der Waals surface area contributed by atoms with Gasteiger partial charge < -0.3 is 20.3 Å². The second kappa shape index (κ2) is 62.9. The van der Waals surface area contributed by atoms with Crippen LogP contribution in [0.25, 0.3) is 0 Å². The molecule has 2 atom stereocenters. The highest BCUT2D eigenvalue weighted by Gasteiger charge is 2.18. The maximum Gasteiger partial charge on any atom is 0.305 e. The van der Waals surface area contributed by atoms with Crippen LogP contribution in [0.3, 0.4) is 0 Å². The van der Waals surface area contributed by atoms with Crippen LogP contribution in [0.4, 0.5) is 0 Å². The molecule has 0 saturated heterocycles. The number of ether oxygens (including phenoxy) is 1. The Kier molecular flexibility index (Phi) is 61.4. The van der Waals surface area contributed by atoms with Crippen molar-refractivity contribution in [3.63, 3.8) is 0 Å². The summed E-state index contributed by atoms with van der Waals surface area (Å²) in [7, 11) is 0. The van der Waals surface area contributed by atoms with Gasteiger partial charge >= 0.3 is 5.97 Å². The van der Waals surface area contributed by atoms with E-state index in [4.69, 9.17) is 4.74 Å². The SMILES string of the molecule is CCCCCCCC/C=C\CCCCCCCCCCCC(=O)OCCCCCCCCCCCCCCCCCCCCCCCCCC(=O)NC(CO)C(O)/C=C/CCCCCCCCCCCCCC. The minimum Gasteiger partial charge on any atom is -0.466 e. The van der Waals surface area contributed by atoms with Crippen molar-refractivity contribution in [3.8, 4) is 0 Å². The van der Waals surface area contributed by atoms with Gasteiger partial charge in [0.2, 0.25) is 5.91 Å². The number of rotatable bonds is 62. The number of carbonyl (C=O) groups excluding carboxylic acids is 2. The summed E-state index contributed by atoms with van der Waals surface area (Å²) in [6.07, 6.45) is 78.1. The van der Waals surface area contributed by atoms with Crippen LogP contribution >= 0.6 is 0 Å². The summed E-state index contributed by atoms with van der Waals surface area (Å²) in [5.41, 5.74) is 0. The van der Waals surface area contributed by atoms with Gasteiger partial charge in [-0.05, 0) is 57.8 Å². The molecule has 2 unspecified atom stereocenters. The summed E-state index contributed by atoms with van der Waals surface area (Å²) < 4.78 is 5.51. The maximum atomic E-state index is 12.5. The molecule has 3 N–H and O–H groups in total. The number of esters is 1. The van der Waals surface area contributed by atoms with Crippen molar-refractivity contribution >= 4 is 11.9 Å². The fourth-order valence-electron chi connectivity index (χ4n) is 10.4. The summed E-state index contributed by atoms with van der Waals surface area (Å²) in [6.45, 7) is 4.92. The molecule has 6 nitrogen and oxygen atoms in total. The highest BCUT2D eigenvalue weighted by atomic mass is 16.5. The smallest absolute Gasteiger partial charge is 0.305 e. The lowest BCUT2D eigenvalue weighted by Gasteiger charge is -2.20. The third-order valence-electron chi connectivity index (χ3n) is 15.5. The van der Waals surface area contributed by atoms with Crippen molar-refractivity contribution < 1.29 is 24.5 Å². The van der Waals surface area contributed by atoms with E-state index in [1.807, 2.05) is 6.08 Å². The Morgan fingerprint density at radius 3 is 0.973 bits per heavy atom. The van der Waals surface area contributed by atoms with E-state index in [0.717, 1.165) is 44.9 Å². The topological polar surface area (TPSA) is 95.9 Å². The van der Waals surface area contributed by atoms with Gasteiger partial charge in [0.15, 0.2) is 0 Å². The maximum absolute atomic E-state index is 12.5. The standard InChI is InChI=1S/C67H129NO5/c1-3-5-7-9-11-13-15-17-19-20-26-30-33-37-41-45-49-53-57-61-67(72)73-62-58-54-50-46-42-38-34-31-28-25-23-21-22-24-27-29-32-36-40-44-48-52-56-60-66(71)68-64(63-69)65(70)59-55-51-47-43-39-35-18-16-14-12-10-8-6-4-2/h17,19,55,59,64-65,69-70H,3-16,18,20-54,56-58,60-63H2,1-2H3,(H,68,71)/b19-17-,59-55+. The van der Waals surface area contributed by atoms with Gasteiger partial charge in [0.1, 0.15) is 0 Å². The summed E-state index contributed by atoms with van der Waals surface area (Å²) in [4.78, 5) is 24.6. The number of hydrogen-bond acceptors (Lipinski definition) is 5. The summed E-state index contributed by atoms with van der Waals surface area (Å²) in [5, 5.41) is 23.1. The fourth-order valence-corrected chi connectivity index (χ4v) is 10.4. The van der Waals surface area contributed by atoms with Gasteiger partial charge in [-0.2, -0.15) is 0 Å². The first kappa shape index (κ1) is 71.3. The molecule has 0 aromatic carbocycles. The Bertz CT molecular complexity index is 1140. The summed E-state index contributed by atoms with van der Waals surface area (Å²) >= 11 is 0. The highest BCUT2D eigenvalue weighted by Crippen LogP contribution is 2.18. The molecule has 0 fully saturated rings. The number of aliphatic hydroxyl groups excluding tert-OH is 2. The number of nitrogens with one attached hydrogen (secondary N) is 1. The predicted molar refractivity (Wildman–Crippen MR) is 320 cm³/mol. The Morgan fingerprint density at radius 2 is 0.644 bits per heavy atom. The third-order valence-corrected chi connectivity index (χ3v) is 15.5. The van der Waals surface area contributed by atoms with E-state index in [1.165, 1.54) is 295 Å². The van der Waals surface area contributed by atoms with Gasteiger partial charge in [0, 0.05) is 12.8 Å². The van der Waals surface area contributed by atoms with Crippen LogP contribution in [0.5, 0.6) is 0 Å². The van der Waals surface area contributed by atoms with E-state index in [2.05, 4.69) is 31.3 Å². The average molecular weight is 1030 g/mol. The van der Waals surface area contributed by atoms with Crippen molar-refractivity contribution in [1.82, 2.24) is 5.32 Å². The van der Waals surface area contributed by atoms with Crippen LogP contribution in [0.15, 0.2) is 24.3 Å². The highest BCUT2D eigenvalue weighted by molar-refractivity contribution is 5.76. The van der Waals surface area contributed by atoms with Crippen molar-refractivity contribution in [1.29, 1.82) is 0 Å². The van der Waals surface area contributed by atoms with Crippen molar-refractivity contribution in [2.75, 3.05) is 13.2 Å². The van der Waals surface area contributed by atoms with E-state index in [-0.39, 0.29) is 18.5 Å². The first-order valence-electron chi connectivity index (χ1n) is 33.1. The zero-order valence-electron chi connectivity index (χ0n) is 49.4. The number of unbranched alkanes of at least 4 members (excludes halogenated alkanes) is 49. The van der Waals surface area contributed by atoms with Crippen LogP contribution in [0, 0.1) is 0 Å². The molecule has 0 radical (unpaired) electrons. The minimum atomic E-state index is -0.843. The summed E-state index contributed by atoms with van der Waals surface area (Å²) in [6, 6.07) is -0.627. The van der Waals surface area contributed by atoms with Crippen molar-refractivity contribution in [2.24, 2.45) is 0 Å². The molecule has 0 aromatic heterocycles. The second-order valence-corrected chi connectivity index (χ2v) is 22.8. The van der Waals surface area contributed by atoms with Crippen molar-refractivity contribution in [3.05, 3.63) is 24.3 Å². The predicted octanol–water partition coefficient (Wildman–Crippen LogP) is 21.0. The molecular formula is C67H129NO5. The van der Waals surface area contributed by atoms with E-state index < -0.39 is 12.1 Å². The first-order chi connectivity index (χ1) is 36.0. The van der Waals surface area contributed by atoms with E-state index in [1.54, 1.807) is 6.08 Å². The van der Waals surface area contributed by atoms with Crippen LogP contribution in [-0.2, 0) is 14.3 Å². The molecular weight excluding hydrogens is 899 g/mol. The number of carbonyl (C=O) groups is 2. The lowest BCUT2D eigenvalue weighted by Crippen LogP contribution is -2.45. The monoisotopic (exact) mass is 1030 g/mol. The second-order valence-electron chi connectivity index (χ2n) is 22.8. The van der Waals surface area contributed by atoms with E-state index >= 15 is 0 Å². The Hall–Kier alpha value is -1.66. The van der Waals surface area contributed by atoms with Gasteiger partial charge in [-0.15, -0.1) is 0 Å². The molecule has 0 bridgehead atoms. The van der Waals surface area contributed by atoms with Crippen LogP contribution < -0.4 is 5.32 Å². The molecule has 73 heavy (non-hydrogen) atoms. The number of aliphatic hydroxyl groups is 2. The summed E-state index contributed by atoms with van der Waals surface area (Å²) in [5.74, 6) is -0.0517. The average Bonchev–Trinajstić information content (AvgIpc) is 3.39. The molecule has 0 aliphatic heterocycles. The molecule has 0 aliphatic carbocycles. The molecule has 0 rings (SSSR count). The molecule has 0 aromatic rings. The van der Waals surface area contributed by atoms with E-state index in [0.29, 0.717) is 19.4 Å². The number of allylic oxidation sites excluding steroid dienone is 3. The van der Waals surface area contributed by atoms with E-state index in [9.17, 15) is 19.8 Å². The number of hydrogen-bond donors (Lipinski definition) is 3. The molecule has 0 aliphatic rings. The Labute approximate surface area is 456 Å². The lowest BCUT2D eigenvalue weighted by molar-refractivity contribution is -0.143. The van der Waals surface area contributed by atoms with Crippen LogP contribution in [0.2, 0.25) is 0 Å². The fraction of sp³-hybridized carbons (Fsp3) is 0.910. The molecule has 1 amide bonds. The lowest BCUT2D eigenvalue weighted by atomic mass is 10.0. The van der Waals surface area contributed by atoms with Gasteiger partial charge in [-0.3, -0.25) is 9.59 Å². The van der Waals surface area contributed by atoms with Crippen LogP contribution in [0.1, 0.15) is 367 Å². The van der Waals surface area contributed by atoms with Crippen molar-refractivity contribution in [2.45, 2.75) is 379 Å². The number of amides is 1. The zero-order valence-corrected chi connectivity index (χ0v) is 49.4. The molecule has 6 heteroatoms. The molecule has 432 valence electrons. The quantitative estimate of drug-likeness (QED) is 0.0320. The normalized spacial score (nSPS) is 12.7.